The van der Waals surface area contributed by atoms with Crippen LogP contribution in [0.15, 0.2) is 63.4 Å². The monoisotopic (exact) mass is 296 g/mol. The van der Waals surface area contributed by atoms with Crippen LogP contribution in [0, 0.1) is 0 Å². The summed E-state index contributed by atoms with van der Waals surface area (Å²) < 4.78 is 11.1. The summed E-state index contributed by atoms with van der Waals surface area (Å²) in [6, 6.07) is 16.1. The molecule has 0 fully saturated rings. The number of carbonyl (C=O) groups is 1. The molecule has 0 atom stereocenters. The van der Waals surface area contributed by atoms with Crippen molar-refractivity contribution in [3.8, 4) is 0 Å². The molecule has 2 heterocycles. The van der Waals surface area contributed by atoms with Crippen LogP contribution in [0.2, 0.25) is 5.02 Å². The minimum atomic E-state index is -0.293. The van der Waals surface area contributed by atoms with Gasteiger partial charge in [-0.15, -0.1) is 0 Å². The Morgan fingerprint density at radius 2 is 1.57 bits per heavy atom. The van der Waals surface area contributed by atoms with Crippen LogP contribution in [0.25, 0.3) is 21.9 Å². The van der Waals surface area contributed by atoms with E-state index in [0.717, 1.165) is 10.8 Å². The fourth-order valence-electron chi connectivity index (χ4n) is 2.35. The van der Waals surface area contributed by atoms with E-state index in [-0.39, 0.29) is 17.3 Å². The first-order valence-corrected chi connectivity index (χ1v) is 6.81. The van der Waals surface area contributed by atoms with Crippen LogP contribution in [0.3, 0.4) is 0 Å². The van der Waals surface area contributed by atoms with Gasteiger partial charge < -0.3 is 8.83 Å². The molecule has 0 spiro atoms. The van der Waals surface area contributed by atoms with Gasteiger partial charge in [0, 0.05) is 10.8 Å². The molecule has 0 N–H and O–H groups in total. The van der Waals surface area contributed by atoms with Crippen molar-refractivity contribution in [3.63, 3.8) is 0 Å². The van der Waals surface area contributed by atoms with E-state index in [1.165, 1.54) is 0 Å². The fourth-order valence-corrected chi connectivity index (χ4v) is 2.57. The molecule has 0 bridgehead atoms. The molecule has 0 aliphatic heterocycles. The molecule has 2 aromatic carbocycles. The topological polar surface area (TPSA) is 43.4 Å². The summed E-state index contributed by atoms with van der Waals surface area (Å²) in [5.41, 5.74) is 1.26. The molecule has 4 heteroatoms. The summed E-state index contributed by atoms with van der Waals surface area (Å²) in [4.78, 5) is 12.5. The van der Waals surface area contributed by atoms with E-state index in [1.54, 1.807) is 30.3 Å². The molecule has 0 radical (unpaired) electrons. The number of hydrogen-bond donors (Lipinski definition) is 0. The average Bonchev–Trinajstić information content (AvgIpc) is 3.11. The minimum Gasteiger partial charge on any atom is -0.452 e. The predicted molar refractivity (Wildman–Crippen MR) is 80.9 cm³/mol. The molecule has 0 saturated carbocycles. The number of furan rings is 2. The van der Waals surface area contributed by atoms with Crippen LogP contribution in [-0.2, 0) is 0 Å². The Hall–Kier alpha value is -2.52. The van der Waals surface area contributed by atoms with Gasteiger partial charge in [0.15, 0.2) is 11.5 Å². The average molecular weight is 297 g/mol. The van der Waals surface area contributed by atoms with Gasteiger partial charge in [0.05, 0.1) is 5.02 Å². The smallest absolute Gasteiger partial charge is 0.263 e. The van der Waals surface area contributed by atoms with E-state index < -0.39 is 0 Å². The Labute approximate surface area is 124 Å². The van der Waals surface area contributed by atoms with Gasteiger partial charge in [-0.3, -0.25) is 4.79 Å². The van der Waals surface area contributed by atoms with Gasteiger partial charge in [0.1, 0.15) is 11.2 Å². The number of para-hydroxylation sites is 1. The molecule has 4 rings (SSSR count). The molecule has 0 aliphatic rings. The van der Waals surface area contributed by atoms with Gasteiger partial charge in [-0.05, 0) is 30.3 Å². The molecule has 0 unspecified atom stereocenters. The molecule has 0 saturated heterocycles. The summed E-state index contributed by atoms with van der Waals surface area (Å²) in [6.07, 6.45) is 0. The maximum Gasteiger partial charge on any atom is 0.263 e. The molecule has 3 nitrogen and oxygen atoms in total. The Morgan fingerprint density at radius 3 is 2.38 bits per heavy atom. The number of hydrogen-bond acceptors (Lipinski definition) is 3. The van der Waals surface area contributed by atoms with E-state index in [4.69, 9.17) is 20.4 Å². The molecule has 0 amide bonds. The first-order valence-electron chi connectivity index (χ1n) is 6.44. The zero-order valence-electron chi connectivity index (χ0n) is 10.8. The van der Waals surface area contributed by atoms with E-state index >= 15 is 0 Å². The summed E-state index contributed by atoms with van der Waals surface area (Å²) in [7, 11) is 0. The quantitative estimate of drug-likeness (QED) is 0.485. The van der Waals surface area contributed by atoms with Crippen molar-refractivity contribution < 1.29 is 13.6 Å². The molecule has 102 valence electrons. The molecule has 21 heavy (non-hydrogen) atoms. The van der Waals surface area contributed by atoms with Gasteiger partial charge in [-0.2, -0.15) is 0 Å². The van der Waals surface area contributed by atoms with Crippen molar-refractivity contribution in [2.24, 2.45) is 0 Å². The van der Waals surface area contributed by atoms with Gasteiger partial charge >= 0.3 is 0 Å². The van der Waals surface area contributed by atoms with Crippen molar-refractivity contribution in [3.05, 3.63) is 71.1 Å². The normalized spacial score (nSPS) is 11.3. The molecular formula is C17H9ClO3. The van der Waals surface area contributed by atoms with E-state index in [1.807, 2.05) is 24.3 Å². The number of benzene rings is 2. The second-order valence-electron chi connectivity index (χ2n) is 4.74. The minimum absolute atomic E-state index is 0.220. The van der Waals surface area contributed by atoms with Gasteiger partial charge in [0.2, 0.25) is 0 Å². The van der Waals surface area contributed by atoms with E-state index in [9.17, 15) is 4.79 Å². The Balaban J connectivity index is 1.83. The second-order valence-corrected chi connectivity index (χ2v) is 5.15. The van der Waals surface area contributed by atoms with E-state index in [2.05, 4.69) is 0 Å². The lowest BCUT2D eigenvalue weighted by Crippen LogP contribution is -1.96. The first-order chi connectivity index (χ1) is 10.2. The zero-order chi connectivity index (χ0) is 14.4. The number of rotatable bonds is 2. The van der Waals surface area contributed by atoms with Gasteiger partial charge in [0.25, 0.3) is 5.78 Å². The van der Waals surface area contributed by atoms with Gasteiger partial charge in [-0.25, -0.2) is 0 Å². The molecular weight excluding hydrogens is 288 g/mol. The largest absolute Gasteiger partial charge is 0.452 e. The van der Waals surface area contributed by atoms with Gasteiger partial charge in [-0.1, -0.05) is 35.9 Å². The van der Waals surface area contributed by atoms with Crippen LogP contribution in [0.5, 0.6) is 0 Å². The Bertz CT molecular complexity index is 945. The van der Waals surface area contributed by atoms with Crippen molar-refractivity contribution >= 4 is 39.3 Å². The Kier molecular flexibility index (Phi) is 2.62. The summed E-state index contributed by atoms with van der Waals surface area (Å²) in [5, 5.41) is 2.16. The predicted octanol–water partition coefficient (Wildman–Crippen LogP) is 5.06. The van der Waals surface area contributed by atoms with E-state index in [0.29, 0.717) is 16.2 Å². The van der Waals surface area contributed by atoms with Crippen LogP contribution in [0.1, 0.15) is 16.3 Å². The van der Waals surface area contributed by atoms with Crippen LogP contribution < -0.4 is 0 Å². The lowest BCUT2D eigenvalue weighted by Gasteiger charge is -1.90. The second kappa shape index (κ2) is 4.50. The van der Waals surface area contributed by atoms with Crippen LogP contribution in [0.4, 0.5) is 0 Å². The summed E-state index contributed by atoms with van der Waals surface area (Å²) >= 11 is 6.09. The molecule has 4 aromatic rings. The first kappa shape index (κ1) is 12.2. The highest BCUT2D eigenvalue weighted by Crippen LogP contribution is 2.29. The maximum absolute atomic E-state index is 12.5. The number of fused-ring (bicyclic) bond motifs is 2. The standard InChI is InChI=1S/C17H9ClO3/c18-12-5-3-7-14-11(12)9-16(21-14)17(19)15-8-10-4-1-2-6-13(10)20-15/h1-9H. The highest BCUT2D eigenvalue weighted by Gasteiger charge is 2.19. The third-order valence-corrected chi connectivity index (χ3v) is 3.71. The van der Waals surface area contributed by atoms with Crippen molar-refractivity contribution in [1.29, 1.82) is 0 Å². The molecule has 2 aromatic heterocycles. The Morgan fingerprint density at radius 1 is 0.857 bits per heavy atom. The molecule has 0 aliphatic carbocycles. The SMILES string of the molecule is O=C(c1cc2ccccc2o1)c1cc2c(Cl)cccc2o1. The summed E-state index contributed by atoms with van der Waals surface area (Å²) in [5.74, 6) is 0.182. The lowest BCUT2D eigenvalue weighted by molar-refractivity contribution is 0.0987. The summed E-state index contributed by atoms with van der Waals surface area (Å²) in [6.45, 7) is 0. The maximum atomic E-state index is 12.5. The number of carbonyl (C=O) groups excluding carboxylic acids is 1. The number of ketones is 1. The number of halogens is 1. The highest BCUT2D eigenvalue weighted by molar-refractivity contribution is 6.35. The zero-order valence-corrected chi connectivity index (χ0v) is 11.6. The van der Waals surface area contributed by atoms with Crippen LogP contribution in [-0.4, -0.2) is 5.78 Å². The highest BCUT2D eigenvalue weighted by atomic mass is 35.5. The van der Waals surface area contributed by atoms with Crippen molar-refractivity contribution in [2.75, 3.05) is 0 Å². The van der Waals surface area contributed by atoms with Crippen molar-refractivity contribution in [1.82, 2.24) is 0 Å². The third-order valence-electron chi connectivity index (χ3n) is 3.38. The fraction of sp³-hybridized carbons (Fsp3) is 0. The van der Waals surface area contributed by atoms with Crippen molar-refractivity contribution in [2.45, 2.75) is 0 Å². The lowest BCUT2D eigenvalue weighted by atomic mass is 10.2. The van der Waals surface area contributed by atoms with Crippen LogP contribution >= 0.6 is 11.6 Å². The third kappa shape index (κ3) is 1.94.